The number of nitrogens with zero attached hydrogens (tertiary/aromatic N) is 2. The number of β-amino-alcohol motifs (C(OH)–C–C–N with tert-alkyl or cyclic N) is 1. The summed E-state index contributed by atoms with van der Waals surface area (Å²) in [5.41, 5.74) is 4.61. The number of aliphatic hydroxyl groups is 1. The Hall–Kier alpha value is -2.29. The van der Waals surface area contributed by atoms with Crippen molar-refractivity contribution < 1.29 is 14.7 Å². The first kappa shape index (κ1) is 27.0. The van der Waals surface area contributed by atoms with Gasteiger partial charge in [0, 0.05) is 19.5 Å². The first-order valence-corrected chi connectivity index (χ1v) is 12.4. The average Bonchev–Trinajstić information content (AvgIpc) is 3.39. The Morgan fingerprint density at radius 3 is 2.39 bits per heavy atom. The van der Waals surface area contributed by atoms with Crippen LogP contribution in [0.2, 0.25) is 0 Å². The lowest BCUT2D eigenvalue weighted by Gasteiger charge is -2.34. The number of likely N-dealkylation sites (tertiary alicyclic amines) is 1. The molecule has 1 saturated heterocycles. The van der Waals surface area contributed by atoms with Crippen LogP contribution in [0, 0.1) is 12.3 Å². The van der Waals surface area contributed by atoms with Crippen molar-refractivity contribution >= 4 is 23.2 Å². The zero-order valence-electron chi connectivity index (χ0n) is 20.8. The Kier molecular flexibility index (Phi) is 9.57. The van der Waals surface area contributed by atoms with Gasteiger partial charge in [0.2, 0.25) is 11.8 Å². The lowest BCUT2D eigenvalue weighted by atomic mass is 9.86. The van der Waals surface area contributed by atoms with E-state index in [2.05, 4.69) is 15.6 Å². The van der Waals surface area contributed by atoms with Crippen molar-refractivity contribution in [1.29, 1.82) is 0 Å². The molecule has 182 valence electrons. The maximum atomic E-state index is 13.1. The summed E-state index contributed by atoms with van der Waals surface area (Å²) in [5.74, 6) is -0.396. The second kappa shape index (κ2) is 11.7. The largest absolute Gasteiger partial charge is 0.391 e. The van der Waals surface area contributed by atoms with Crippen molar-refractivity contribution in [2.24, 2.45) is 5.41 Å². The molecule has 3 rings (SSSR count). The highest BCUT2D eigenvalue weighted by atomic mass is 32.1. The molecule has 0 radical (unpaired) electrons. The molecule has 2 amide bonds. The van der Waals surface area contributed by atoms with Crippen LogP contribution in [0.3, 0.4) is 0 Å². The predicted octanol–water partition coefficient (Wildman–Crippen LogP) is 3.36. The summed E-state index contributed by atoms with van der Waals surface area (Å²) in [6.07, 6.45) is -0.444. The number of carbonyl (C=O) groups is 2. The molecule has 1 aromatic heterocycles. The summed E-state index contributed by atoms with van der Waals surface area (Å²) >= 11 is 1.61. The molecule has 0 bridgehead atoms. The summed E-state index contributed by atoms with van der Waals surface area (Å²) in [4.78, 5) is 32.9. The van der Waals surface area contributed by atoms with Crippen molar-refractivity contribution in [3.63, 3.8) is 0 Å². The fraction of sp³-hybridized carbons (Fsp3) is 0.560. The number of amides is 2. The number of carbonyl (C=O) groups excluding carboxylic acids is 2. The Balaban J connectivity index is 0.00000187. The fourth-order valence-corrected chi connectivity index (χ4v) is 4.87. The zero-order chi connectivity index (χ0) is 24.8. The van der Waals surface area contributed by atoms with Crippen LogP contribution in [0.4, 0.5) is 0 Å². The summed E-state index contributed by atoms with van der Waals surface area (Å²) < 4.78 is 0. The number of aliphatic hydroxyl groups excluding tert-OH is 1. The Bertz CT molecular complexity index is 920. The third kappa shape index (κ3) is 6.62. The molecule has 3 atom stereocenters. The molecule has 8 heteroatoms. The molecule has 1 aliphatic rings. The molecular weight excluding hydrogens is 436 g/mol. The van der Waals surface area contributed by atoms with Crippen LogP contribution in [0.25, 0.3) is 10.4 Å². The maximum absolute atomic E-state index is 13.1. The van der Waals surface area contributed by atoms with Gasteiger partial charge in [0.05, 0.1) is 28.2 Å². The van der Waals surface area contributed by atoms with Gasteiger partial charge in [-0.3, -0.25) is 9.59 Å². The van der Waals surface area contributed by atoms with E-state index in [1.54, 1.807) is 18.4 Å². The van der Waals surface area contributed by atoms with Crippen LogP contribution < -0.4 is 10.6 Å². The van der Waals surface area contributed by atoms with E-state index in [-0.39, 0.29) is 30.2 Å². The van der Waals surface area contributed by atoms with E-state index in [0.717, 1.165) is 21.7 Å². The zero-order valence-corrected chi connectivity index (χ0v) is 21.6. The molecule has 1 fully saturated rings. The first-order chi connectivity index (χ1) is 15.6. The summed E-state index contributed by atoms with van der Waals surface area (Å²) in [7, 11) is 1.74. The van der Waals surface area contributed by atoms with Crippen LogP contribution >= 0.6 is 11.3 Å². The third-order valence-electron chi connectivity index (χ3n) is 5.69. The highest BCUT2D eigenvalue weighted by Gasteiger charge is 2.43. The first-order valence-electron chi connectivity index (χ1n) is 11.5. The number of hydrogen-bond acceptors (Lipinski definition) is 6. The van der Waals surface area contributed by atoms with E-state index in [4.69, 9.17) is 0 Å². The molecule has 0 aliphatic carbocycles. The van der Waals surface area contributed by atoms with Gasteiger partial charge in [0.1, 0.15) is 6.04 Å². The van der Waals surface area contributed by atoms with Crippen molar-refractivity contribution in [3.05, 3.63) is 41.0 Å². The predicted molar refractivity (Wildman–Crippen MR) is 134 cm³/mol. The van der Waals surface area contributed by atoms with Crippen LogP contribution in [0.1, 0.15) is 52.3 Å². The van der Waals surface area contributed by atoms with E-state index in [9.17, 15) is 14.7 Å². The van der Waals surface area contributed by atoms with Gasteiger partial charge < -0.3 is 20.6 Å². The van der Waals surface area contributed by atoms with E-state index >= 15 is 0 Å². The quantitative estimate of drug-likeness (QED) is 0.597. The van der Waals surface area contributed by atoms with Gasteiger partial charge in [0.25, 0.3) is 0 Å². The van der Waals surface area contributed by atoms with Gasteiger partial charge in [-0.15, -0.1) is 11.3 Å². The number of hydrogen-bond donors (Lipinski definition) is 3. The van der Waals surface area contributed by atoms with Crippen LogP contribution in [-0.2, 0) is 16.1 Å². The van der Waals surface area contributed by atoms with Crippen LogP contribution in [0.15, 0.2) is 29.8 Å². The van der Waals surface area contributed by atoms with Crippen LogP contribution in [0.5, 0.6) is 0 Å². The normalized spacial score (nSPS) is 19.0. The fourth-order valence-electron chi connectivity index (χ4n) is 4.06. The molecule has 0 saturated carbocycles. The molecule has 7 nitrogen and oxygen atoms in total. The molecule has 3 unspecified atom stereocenters. The molecule has 33 heavy (non-hydrogen) atoms. The smallest absolute Gasteiger partial charge is 0.243 e. The highest BCUT2D eigenvalue weighted by molar-refractivity contribution is 7.13. The summed E-state index contributed by atoms with van der Waals surface area (Å²) in [6.45, 7) is 12.5. The van der Waals surface area contributed by atoms with Crippen molar-refractivity contribution in [2.45, 2.75) is 72.7 Å². The number of aromatic nitrogens is 1. The van der Waals surface area contributed by atoms with E-state index in [1.165, 1.54) is 4.90 Å². The van der Waals surface area contributed by atoms with Crippen molar-refractivity contribution in [3.8, 4) is 10.4 Å². The van der Waals surface area contributed by atoms with Crippen molar-refractivity contribution in [2.75, 3.05) is 13.6 Å². The van der Waals surface area contributed by atoms with Crippen LogP contribution in [-0.4, -0.2) is 58.6 Å². The molecule has 0 spiro atoms. The molecule has 1 aromatic carbocycles. The number of nitrogens with one attached hydrogen (secondary N) is 2. The molecule has 2 heterocycles. The molecule has 3 N–H and O–H groups in total. The average molecular weight is 475 g/mol. The SMILES string of the molecule is CC.CNC(C(=O)N1CC(O)CC1C(=O)NCc1ccc(-c2scnc2C)cc1)C(C)(C)C. The second-order valence-electron chi connectivity index (χ2n) is 9.17. The molecule has 1 aliphatic heterocycles. The van der Waals surface area contributed by atoms with Crippen molar-refractivity contribution in [1.82, 2.24) is 20.5 Å². The van der Waals surface area contributed by atoms with Gasteiger partial charge in [-0.1, -0.05) is 58.9 Å². The topological polar surface area (TPSA) is 94.6 Å². The van der Waals surface area contributed by atoms with Gasteiger partial charge >= 0.3 is 0 Å². The lowest BCUT2D eigenvalue weighted by Crippen LogP contribution is -2.55. The minimum absolute atomic E-state index is 0.156. The Morgan fingerprint density at radius 1 is 1.24 bits per heavy atom. The minimum Gasteiger partial charge on any atom is -0.391 e. The second-order valence-corrected chi connectivity index (χ2v) is 10.0. The molecule has 2 aromatic rings. The Morgan fingerprint density at radius 2 is 1.88 bits per heavy atom. The van der Waals surface area contributed by atoms with E-state index in [0.29, 0.717) is 6.54 Å². The van der Waals surface area contributed by atoms with Gasteiger partial charge in [0.15, 0.2) is 0 Å². The number of likely N-dealkylation sites (N-methyl/N-ethyl adjacent to an activating group) is 1. The Labute approximate surface area is 201 Å². The van der Waals surface area contributed by atoms with Gasteiger partial charge in [-0.2, -0.15) is 0 Å². The van der Waals surface area contributed by atoms with E-state index in [1.807, 2.05) is 71.3 Å². The van der Waals surface area contributed by atoms with E-state index < -0.39 is 18.2 Å². The van der Waals surface area contributed by atoms with Gasteiger partial charge in [-0.05, 0) is 30.5 Å². The number of aryl methyl sites for hydroxylation is 1. The number of benzene rings is 1. The highest BCUT2D eigenvalue weighted by Crippen LogP contribution is 2.28. The maximum Gasteiger partial charge on any atom is 0.243 e. The summed E-state index contributed by atoms with van der Waals surface area (Å²) in [5, 5.41) is 16.2. The number of rotatable bonds is 6. The number of thiazole rings is 1. The van der Waals surface area contributed by atoms with Gasteiger partial charge in [-0.25, -0.2) is 4.98 Å². The third-order valence-corrected chi connectivity index (χ3v) is 6.67. The monoisotopic (exact) mass is 474 g/mol. The lowest BCUT2D eigenvalue weighted by molar-refractivity contribution is -0.142. The standard InChI is InChI=1S/C23H32N4O3S.C2H6/c1-14-19(31-13-26-14)16-8-6-15(7-9-16)11-25-21(29)18-10-17(28)12-27(18)22(30)20(24-5)23(2,3)4;1-2/h6-9,13,17-18,20,24,28H,10-12H2,1-5H3,(H,25,29);1-2H3. The summed E-state index contributed by atoms with van der Waals surface area (Å²) in [6, 6.07) is 6.92. The molecular formula is C25H38N4O3S. The minimum atomic E-state index is -0.695.